The zero-order valence-electron chi connectivity index (χ0n) is 19.2. The number of nitrogens with zero attached hydrogens (tertiary/aromatic N) is 3. The molecule has 2 heterocycles. The fourth-order valence-electron chi connectivity index (χ4n) is 3.09. The minimum absolute atomic E-state index is 0.104. The number of guanidine groups is 1. The van der Waals surface area contributed by atoms with Crippen molar-refractivity contribution in [2.45, 2.75) is 13.8 Å². The smallest absolute Gasteiger partial charge is 0.260 e. The molecule has 4 aromatic rings. The number of nitrogens with two attached hydrogens (primary N) is 1. The van der Waals surface area contributed by atoms with E-state index in [4.69, 9.17) is 5.73 Å². The van der Waals surface area contributed by atoms with E-state index in [2.05, 4.69) is 37.2 Å². The molecule has 0 atom stereocenters. The zero-order chi connectivity index (χ0) is 25.4. The third kappa shape index (κ3) is 5.93. The molecule has 0 saturated carbocycles. The number of aliphatic imine (C=N–C) groups is 1. The number of nitrogens with one attached hydrogen (secondary N) is 3. The third-order valence-corrected chi connectivity index (χ3v) is 4.63. The lowest BCUT2D eigenvalue weighted by Crippen LogP contribution is -2.36. The molecule has 9 nitrogen and oxygen atoms in total. The molecule has 0 aliphatic heterocycles. The molecular formula is C25H24FN7O2. The number of aromatic amines is 1. The predicted octanol–water partition coefficient (Wildman–Crippen LogP) is 4.23. The van der Waals surface area contributed by atoms with Crippen molar-refractivity contribution >= 4 is 34.8 Å². The van der Waals surface area contributed by atoms with E-state index in [1.165, 1.54) is 24.5 Å². The highest BCUT2D eigenvalue weighted by atomic mass is 19.1. The van der Waals surface area contributed by atoms with E-state index in [9.17, 15) is 14.0 Å². The summed E-state index contributed by atoms with van der Waals surface area (Å²) in [6.07, 6.45) is 2.62. The normalized spacial score (nSPS) is 10.8. The first-order valence-electron chi connectivity index (χ1n) is 10.7. The van der Waals surface area contributed by atoms with Crippen LogP contribution in [0.2, 0.25) is 0 Å². The number of imidazole rings is 1. The van der Waals surface area contributed by atoms with E-state index in [-0.39, 0.29) is 23.3 Å². The van der Waals surface area contributed by atoms with Gasteiger partial charge in [-0.2, -0.15) is 0 Å². The van der Waals surface area contributed by atoms with Crippen LogP contribution in [-0.2, 0) is 0 Å². The van der Waals surface area contributed by atoms with Crippen LogP contribution in [0.25, 0.3) is 22.3 Å². The van der Waals surface area contributed by atoms with Crippen LogP contribution in [0, 0.1) is 5.82 Å². The van der Waals surface area contributed by atoms with Gasteiger partial charge in [-0.15, -0.1) is 0 Å². The van der Waals surface area contributed by atoms with Crippen LogP contribution in [-0.4, -0.2) is 32.7 Å². The highest BCUT2D eigenvalue weighted by molar-refractivity contribution is 6.12. The van der Waals surface area contributed by atoms with E-state index in [1.54, 1.807) is 42.5 Å². The number of aromatic nitrogens is 3. The molecule has 0 radical (unpaired) electrons. The molecular weight excluding hydrogens is 449 g/mol. The summed E-state index contributed by atoms with van der Waals surface area (Å²) < 4.78 is 13.1. The highest BCUT2D eigenvalue weighted by Crippen LogP contribution is 2.20. The summed E-state index contributed by atoms with van der Waals surface area (Å²) in [5.74, 6) is -1.23. The molecule has 0 fully saturated rings. The second kappa shape index (κ2) is 11.3. The predicted molar refractivity (Wildman–Crippen MR) is 134 cm³/mol. The largest absolute Gasteiger partial charge is 0.369 e. The van der Waals surface area contributed by atoms with Crippen LogP contribution in [0.1, 0.15) is 34.6 Å². The van der Waals surface area contributed by atoms with Gasteiger partial charge < -0.3 is 10.7 Å². The molecule has 5 N–H and O–H groups in total. The lowest BCUT2D eigenvalue weighted by molar-refractivity contribution is 0.0976. The van der Waals surface area contributed by atoms with Crippen molar-refractivity contribution in [3.05, 3.63) is 90.5 Å². The number of carbonyl (C=O) groups is 2. The Labute approximate surface area is 201 Å². The summed E-state index contributed by atoms with van der Waals surface area (Å²) >= 11 is 0. The summed E-state index contributed by atoms with van der Waals surface area (Å²) in [6, 6.07) is 14.1. The summed E-state index contributed by atoms with van der Waals surface area (Å²) in [5, 5.41) is 5.09. The van der Waals surface area contributed by atoms with Crippen molar-refractivity contribution in [2.24, 2.45) is 10.7 Å². The molecule has 2 amide bonds. The van der Waals surface area contributed by atoms with Gasteiger partial charge >= 0.3 is 0 Å². The van der Waals surface area contributed by atoms with Gasteiger partial charge in [0.1, 0.15) is 11.3 Å². The van der Waals surface area contributed by atoms with Crippen LogP contribution < -0.4 is 16.4 Å². The van der Waals surface area contributed by atoms with Crippen molar-refractivity contribution in [1.29, 1.82) is 0 Å². The molecule has 10 heteroatoms. The van der Waals surface area contributed by atoms with Crippen LogP contribution in [0.5, 0.6) is 0 Å². The number of hydrogen-bond acceptors (Lipinski definition) is 5. The van der Waals surface area contributed by atoms with Gasteiger partial charge in [0.2, 0.25) is 5.95 Å². The number of H-pyrrole nitrogens is 1. The molecule has 178 valence electrons. The molecule has 4 rings (SSSR count). The number of pyridine rings is 1. The molecule has 2 aromatic carbocycles. The first kappa shape index (κ1) is 24.8. The Hall–Kier alpha value is -4.86. The van der Waals surface area contributed by atoms with Crippen molar-refractivity contribution < 1.29 is 14.0 Å². The number of anilines is 1. The standard InChI is InChI=1S/C23H18FN7O2.C2H6/c1-2-26-22(25)30-21(33)16-4-3-5-18-19(16)29-23(28-18)31-20(32)14-8-11-17(27-12-14)13-6-9-15(24)10-7-13;1-2/h2-12H,1H2,(H3,25,26,30,33)(H2,28,29,31,32);1-2H3. The maximum Gasteiger partial charge on any atom is 0.260 e. The summed E-state index contributed by atoms with van der Waals surface area (Å²) in [6.45, 7) is 7.42. The Morgan fingerprint density at radius 3 is 2.49 bits per heavy atom. The third-order valence-electron chi connectivity index (χ3n) is 4.63. The average Bonchev–Trinajstić information content (AvgIpc) is 3.28. The Kier molecular flexibility index (Phi) is 8.02. The molecule has 0 aliphatic carbocycles. The van der Waals surface area contributed by atoms with Gasteiger partial charge in [-0.1, -0.05) is 26.5 Å². The number of rotatable bonds is 5. The maximum absolute atomic E-state index is 13.1. The fourth-order valence-corrected chi connectivity index (χ4v) is 3.09. The second-order valence-corrected chi connectivity index (χ2v) is 6.83. The van der Waals surface area contributed by atoms with Gasteiger partial charge in [-0.3, -0.25) is 25.2 Å². The quantitative estimate of drug-likeness (QED) is 0.254. The second-order valence-electron chi connectivity index (χ2n) is 6.83. The Bertz CT molecular complexity index is 1380. The minimum Gasteiger partial charge on any atom is -0.369 e. The molecule has 0 saturated heterocycles. The van der Waals surface area contributed by atoms with Crippen molar-refractivity contribution in [3.63, 3.8) is 0 Å². The highest BCUT2D eigenvalue weighted by Gasteiger charge is 2.16. The van der Waals surface area contributed by atoms with Gasteiger partial charge in [0, 0.05) is 18.0 Å². The molecule has 2 aromatic heterocycles. The van der Waals surface area contributed by atoms with E-state index in [1.807, 2.05) is 13.8 Å². The lowest BCUT2D eigenvalue weighted by Gasteiger charge is -2.04. The number of benzene rings is 2. The topological polar surface area (TPSA) is 138 Å². The first-order valence-corrected chi connectivity index (χ1v) is 10.7. The summed E-state index contributed by atoms with van der Waals surface area (Å²) in [4.78, 5) is 40.4. The van der Waals surface area contributed by atoms with E-state index in [0.29, 0.717) is 22.3 Å². The summed E-state index contributed by atoms with van der Waals surface area (Å²) in [7, 11) is 0. The number of para-hydroxylation sites is 1. The van der Waals surface area contributed by atoms with Gasteiger partial charge in [-0.05, 0) is 48.5 Å². The van der Waals surface area contributed by atoms with Crippen LogP contribution >= 0.6 is 0 Å². The molecule has 0 spiro atoms. The van der Waals surface area contributed by atoms with Crippen LogP contribution in [0.4, 0.5) is 10.3 Å². The van der Waals surface area contributed by atoms with E-state index in [0.717, 1.165) is 5.56 Å². The maximum atomic E-state index is 13.1. The van der Waals surface area contributed by atoms with Crippen molar-refractivity contribution in [2.75, 3.05) is 5.32 Å². The lowest BCUT2D eigenvalue weighted by atomic mass is 10.1. The fraction of sp³-hybridized carbons (Fsp3) is 0.0800. The van der Waals surface area contributed by atoms with Crippen LogP contribution in [0.3, 0.4) is 0 Å². The first-order chi connectivity index (χ1) is 16.9. The SMILES string of the molecule is C=CN=C(N)NC(=O)c1cccc2[nH]c(NC(=O)c3ccc(-c4ccc(F)cc4)nc3)nc12.CC. The van der Waals surface area contributed by atoms with Gasteiger partial charge in [0.05, 0.1) is 22.3 Å². The van der Waals surface area contributed by atoms with Gasteiger partial charge in [0.25, 0.3) is 11.8 Å². The van der Waals surface area contributed by atoms with E-state index >= 15 is 0 Å². The van der Waals surface area contributed by atoms with Gasteiger partial charge in [0.15, 0.2) is 5.96 Å². The van der Waals surface area contributed by atoms with Crippen LogP contribution in [0.15, 0.2) is 78.6 Å². The number of fused-ring (bicyclic) bond motifs is 1. The zero-order valence-corrected chi connectivity index (χ0v) is 19.2. The van der Waals surface area contributed by atoms with E-state index < -0.39 is 11.8 Å². The van der Waals surface area contributed by atoms with Gasteiger partial charge in [-0.25, -0.2) is 14.4 Å². The Balaban J connectivity index is 0.00000167. The molecule has 0 unspecified atom stereocenters. The Morgan fingerprint density at radius 2 is 1.83 bits per heavy atom. The number of halogens is 1. The molecule has 0 aliphatic rings. The number of hydrogen-bond donors (Lipinski definition) is 4. The monoisotopic (exact) mass is 473 g/mol. The molecule has 0 bridgehead atoms. The number of carbonyl (C=O) groups excluding carboxylic acids is 2. The summed E-state index contributed by atoms with van der Waals surface area (Å²) in [5.41, 5.74) is 8.36. The Morgan fingerprint density at radius 1 is 1.09 bits per heavy atom. The number of amides is 2. The van der Waals surface area contributed by atoms with Crippen molar-refractivity contribution in [3.8, 4) is 11.3 Å². The minimum atomic E-state index is -0.506. The molecule has 35 heavy (non-hydrogen) atoms. The van der Waals surface area contributed by atoms with Crippen molar-refractivity contribution in [1.82, 2.24) is 20.3 Å². The average molecular weight is 474 g/mol.